The third-order valence-corrected chi connectivity index (χ3v) is 7.74. The highest BCUT2D eigenvalue weighted by Crippen LogP contribution is 2.21. The minimum Gasteiger partial charge on any atom is -0.385 e. The third-order valence-electron chi connectivity index (χ3n) is 5.70. The van der Waals surface area contributed by atoms with E-state index in [1.54, 1.807) is 19.9 Å². The lowest BCUT2D eigenvalue weighted by molar-refractivity contribution is -0.127. The number of carbonyl (C=O) groups excluding carboxylic acids is 1. The van der Waals surface area contributed by atoms with Crippen molar-refractivity contribution in [2.24, 2.45) is 0 Å². The standard InChI is InChI=1S/C24H27N5O4S/c1-4-28(5-2)34(31,32)21-12-13-22-23(15-21)29(27-26-22)33-16-24(30)25-17(3)19-11-10-18-8-6-7-9-20(18)14-19/h6-15,17H,4-5,16H2,1-3H3,(H,25,30). The van der Waals surface area contributed by atoms with Gasteiger partial charge in [0.2, 0.25) is 10.0 Å². The summed E-state index contributed by atoms with van der Waals surface area (Å²) in [7, 11) is -3.65. The van der Waals surface area contributed by atoms with Gasteiger partial charge in [0.1, 0.15) is 11.0 Å². The molecule has 34 heavy (non-hydrogen) atoms. The summed E-state index contributed by atoms with van der Waals surface area (Å²) in [4.78, 5) is 19.2. The Morgan fingerprint density at radius 2 is 1.79 bits per heavy atom. The van der Waals surface area contributed by atoms with Crippen LogP contribution in [0.4, 0.5) is 0 Å². The van der Waals surface area contributed by atoms with Gasteiger partial charge in [0.25, 0.3) is 5.91 Å². The molecule has 0 fully saturated rings. The maximum absolute atomic E-state index is 12.8. The average Bonchev–Trinajstić information content (AvgIpc) is 3.25. The van der Waals surface area contributed by atoms with Gasteiger partial charge in [-0.3, -0.25) is 4.79 Å². The number of aromatic nitrogens is 3. The second-order valence-corrected chi connectivity index (χ2v) is 9.81. The number of nitrogens with zero attached hydrogens (tertiary/aromatic N) is 4. The Hall–Kier alpha value is -3.50. The molecule has 178 valence electrons. The lowest BCUT2D eigenvalue weighted by Crippen LogP contribution is -2.34. The van der Waals surface area contributed by atoms with E-state index in [4.69, 9.17) is 4.84 Å². The number of rotatable bonds is 9. The van der Waals surface area contributed by atoms with Crippen molar-refractivity contribution in [3.63, 3.8) is 0 Å². The smallest absolute Gasteiger partial charge is 0.261 e. The summed E-state index contributed by atoms with van der Waals surface area (Å²) < 4.78 is 27.1. The summed E-state index contributed by atoms with van der Waals surface area (Å²) >= 11 is 0. The van der Waals surface area contributed by atoms with E-state index in [1.165, 1.54) is 16.4 Å². The SMILES string of the molecule is CCN(CC)S(=O)(=O)c1ccc2nnn(OCC(=O)NC(C)c3ccc4ccccc4c3)c2c1. The fraction of sp³-hybridized carbons (Fsp3) is 0.292. The molecule has 0 aliphatic rings. The van der Waals surface area contributed by atoms with E-state index >= 15 is 0 Å². The van der Waals surface area contributed by atoms with E-state index in [-0.39, 0.29) is 23.5 Å². The molecule has 0 saturated heterocycles. The van der Waals surface area contributed by atoms with Gasteiger partial charge in [0.15, 0.2) is 6.61 Å². The molecule has 0 bridgehead atoms. The average molecular weight is 482 g/mol. The van der Waals surface area contributed by atoms with Crippen LogP contribution in [0.15, 0.2) is 65.6 Å². The predicted octanol–water partition coefficient (Wildman–Crippen LogP) is 2.92. The molecule has 4 rings (SSSR count). The van der Waals surface area contributed by atoms with Crippen molar-refractivity contribution < 1.29 is 18.0 Å². The number of sulfonamides is 1. The number of benzene rings is 3. The van der Waals surface area contributed by atoms with E-state index in [1.807, 2.05) is 49.4 Å². The first-order valence-electron chi connectivity index (χ1n) is 11.1. The van der Waals surface area contributed by atoms with Crippen LogP contribution in [0.3, 0.4) is 0 Å². The summed E-state index contributed by atoms with van der Waals surface area (Å²) in [6, 6.07) is 18.4. The molecule has 10 heteroatoms. The van der Waals surface area contributed by atoms with Crippen LogP contribution in [0.5, 0.6) is 0 Å². The minimum atomic E-state index is -3.65. The van der Waals surface area contributed by atoms with Gasteiger partial charge in [0, 0.05) is 13.1 Å². The molecule has 0 aliphatic carbocycles. The van der Waals surface area contributed by atoms with Crippen molar-refractivity contribution in [3.8, 4) is 0 Å². The maximum atomic E-state index is 12.8. The first kappa shape index (κ1) is 23.7. The topological polar surface area (TPSA) is 106 Å². The molecule has 0 saturated carbocycles. The van der Waals surface area contributed by atoms with Crippen LogP contribution in [0.25, 0.3) is 21.8 Å². The number of amides is 1. The van der Waals surface area contributed by atoms with Gasteiger partial charge >= 0.3 is 0 Å². The second kappa shape index (κ2) is 9.78. The fourth-order valence-corrected chi connectivity index (χ4v) is 5.29. The molecule has 1 heterocycles. The van der Waals surface area contributed by atoms with Crippen molar-refractivity contribution in [2.75, 3.05) is 19.7 Å². The highest BCUT2D eigenvalue weighted by atomic mass is 32.2. The molecule has 1 atom stereocenters. The normalized spacial score (nSPS) is 12.8. The number of carbonyl (C=O) groups is 1. The largest absolute Gasteiger partial charge is 0.385 e. The van der Waals surface area contributed by atoms with Crippen molar-refractivity contribution in [2.45, 2.75) is 31.7 Å². The molecule has 1 aromatic heterocycles. The number of hydrogen-bond acceptors (Lipinski definition) is 6. The quantitative estimate of drug-likeness (QED) is 0.394. The van der Waals surface area contributed by atoms with Gasteiger partial charge in [-0.15, -0.1) is 5.10 Å². The Morgan fingerprint density at radius 1 is 1.06 bits per heavy atom. The zero-order valence-corrected chi connectivity index (χ0v) is 20.1. The Balaban J connectivity index is 1.45. The molecule has 4 aromatic rings. The van der Waals surface area contributed by atoms with E-state index in [9.17, 15) is 13.2 Å². The third kappa shape index (κ3) is 4.73. The molecule has 1 amide bonds. The van der Waals surface area contributed by atoms with E-state index < -0.39 is 10.0 Å². The zero-order chi connectivity index (χ0) is 24.3. The van der Waals surface area contributed by atoms with Crippen LogP contribution < -0.4 is 10.2 Å². The Kier molecular flexibility index (Phi) is 6.80. The molecule has 0 spiro atoms. The number of hydrogen-bond donors (Lipinski definition) is 1. The summed E-state index contributed by atoms with van der Waals surface area (Å²) in [6.45, 7) is 5.89. The van der Waals surface area contributed by atoms with Crippen LogP contribution in [0.2, 0.25) is 0 Å². The Labute approximate surface area is 198 Å². The van der Waals surface area contributed by atoms with E-state index in [2.05, 4.69) is 15.6 Å². The molecular formula is C24H27N5O4S. The summed E-state index contributed by atoms with van der Waals surface area (Å²) in [6.07, 6.45) is 0. The van der Waals surface area contributed by atoms with Gasteiger partial charge < -0.3 is 10.2 Å². The summed E-state index contributed by atoms with van der Waals surface area (Å²) in [5.74, 6) is -0.337. The van der Waals surface area contributed by atoms with Crippen molar-refractivity contribution in [1.82, 2.24) is 24.8 Å². The van der Waals surface area contributed by atoms with Crippen LogP contribution >= 0.6 is 0 Å². The van der Waals surface area contributed by atoms with Gasteiger partial charge in [-0.05, 0) is 52.7 Å². The highest BCUT2D eigenvalue weighted by molar-refractivity contribution is 7.89. The van der Waals surface area contributed by atoms with Crippen LogP contribution in [-0.4, -0.2) is 53.5 Å². The van der Waals surface area contributed by atoms with Crippen LogP contribution in [0.1, 0.15) is 32.4 Å². The predicted molar refractivity (Wildman–Crippen MR) is 130 cm³/mol. The fourth-order valence-electron chi connectivity index (χ4n) is 3.81. The first-order valence-corrected chi connectivity index (χ1v) is 12.5. The van der Waals surface area contributed by atoms with Gasteiger partial charge in [0.05, 0.1) is 10.9 Å². The molecule has 9 nitrogen and oxygen atoms in total. The van der Waals surface area contributed by atoms with Gasteiger partial charge in [-0.2, -0.15) is 4.31 Å². The first-order chi connectivity index (χ1) is 16.3. The van der Waals surface area contributed by atoms with Crippen LogP contribution in [-0.2, 0) is 14.8 Å². The van der Waals surface area contributed by atoms with Crippen molar-refractivity contribution in [1.29, 1.82) is 0 Å². The monoisotopic (exact) mass is 481 g/mol. The molecule has 0 radical (unpaired) electrons. The zero-order valence-electron chi connectivity index (χ0n) is 19.3. The highest BCUT2D eigenvalue weighted by Gasteiger charge is 2.23. The van der Waals surface area contributed by atoms with Gasteiger partial charge in [-0.1, -0.05) is 55.1 Å². The molecule has 1 unspecified atom stereocenters. The van der Waals surface area contributed by atoms with Crippen molar-refractivity contribution >= 4 is 37.7 Å². The Bertz CT molecular complexity index is 1430. The summed E-state index contributed by atoms with van der Waals surface area (Å²) in [5.41, 5.74) is 1.80. The lowest BCUT2D eigenvalue weighted by Gasteiger charge is -2.18. The molecule has 0 aliphatic heterocycles. The second-order valence-electron chi connectivity index (χ2n) is 7.87. The van der Waals surface area contributed by atoms with Crippen LogP contribution in [0, 0.1) is 0 Å². The molecule has 1 N–H and O–H groups in total. The molecular weight excluding hydrogens is 454 g/mol. The summed E-state index contributed by atoms with van der Waals surface area (Å²) in [5, 5.41) is 13.0. The minimum absolute atomic E-state index is 0.116. The van der Waals surface area contributed by atoms with Gasteiger partial charge in [-0.25, -0.2) is 8.42 Å². The van der Waals surface area contributed by atoms with E-state index in [0.29, 0.717) is 24.1 Å². The molecule has 3 aromatic carbocycles. The number of fused-ring (bicyclic) bond motifs is 2. The maximum Gasteiger partial charge on any atom is 0.261 e. The number of nitrogens with one attached hydrogen (secondary N) is 1. The van der Waals surface area contributed by atoms with Crippen molar-refractivity contribution in [3.05, 3.63) is 66.2 Å². The van der Waals surface area contributed by atoms with E-state index in [0.717, 1.165) is 21.2 Å². The Morgan fingerprint density at radius 3 is 2.53 bits per heavy atom. The lowest BCUT2D eigenvalue weighted by atomic mass is 10.0.